The fourth-order valence-electron chi connectivity index (χ4n) is 2.46. The predicted molar refractivity (Wildman–Crippen MR) is 76.3 cm³/mol. The van der Waals surface area contributed by atoms with E-state index < -0.39 is 11.9 Å². The predicted octanol–water partition coefficient (Wildman–Crippen LogP) is 3.02. The van der Waals surface area contributed by atoms with Gasteiger partial charge in [0.2, 0.25) is 0 Å². The first-order valence-electron chi connectivity index (χ1n) is 6.19. The van der Waals surface area contributed by atoms with Gasteiger partial charge in [-0.2, -0.15) is 13.2 Å². The van der Waals surface area contributed by atoms with Crippen LogP contribution >= 0.6 is 23.7 Å². The van der Waals surface area contributed by atoms with Gasteiger partial charge in [0.05, 0.1) is 6.54 Å². The maximum atomic E-state index is 12.4. The van der Waals surface area contributed by atoms with Gasteiger partial charge in [-0.05, 0) is 25.4 Å². The quantitative estimate of drug-likeness (QED) is 0.920. The lowest BCUT2D eigenvalue weighted by Gasteiger charge is -2.28. The molecule has 1 aromatic heterocycles. The van der Waals surface area contributed by atoms with Gasteiger partial charge in [-0.25, -0.2) is 4.98 Å². The van der Waals surface area contributed by atoms with Crippen LogP contribution in [0.25, 0.3) is 0 Å². The second-order valence-corrected chi connectivity index (χ2v) is 6.48. The molecule has 0 aromatic carbocycles. The highest BCUT2D eigenvalue weighted by atomic mass is 35.5. The summed E-state index contributed by atoms with van der Waals surface area (Å²) in [5.41, 5.74) is -0.576. The Morgan fingerprint density at radius 2 is 2.20 bits per heavy atom. The van der Waals surface area contributed by atoms with Gasteiger partial charge in [0.1, 0.15) is 5.01 Å². The summed E-state index contributed by atoms with van der Waals surface area (Å²) in [7, 11) is 1.93. The van der Waals surface area contributed by atoms with E-state index in [-0.39, 0.29) is 17.8 Å². The standard InChI is InChI=1S/C12H18F3N3S.ClH/c1-11(3-4-16-7-11)8-18(2)5-10-17-9(6-19-10)12(13,14)15;/h6,16H,3-5,7-8H2,1-2H3;1H. The SMILES string of the molecule is CN(Cc1nc(C(F)(F)F)cs1)CC1(C)CCNC1.Cl. The van der Waals surface area contributed by atoms with E-state index in [1.165, 1.54) is 0 Å². The lowest BCUT2D eigenvalue weighted by Crippen LogP contribution is -2.34. The van der Waals surface area contributed by atoms with E-state index in [4.69, 9.17) is 0 Å². The molecule has 1 N–H and O–H groups in total. The number of alkyl halides is 3. The monoisotopic (exact) mass is 329 g/mol. The number of rotatable bonds is 4. The summed E-state index contributed by atoms with van der Waals surface area (Å²) in [6, 6.07) is 0. The van der Waals surface area contributed by atoms with Gasteiger partial charge in [0.25, 0.3) is 0 Å². The molecule has 20 heavy (non-hydrogen) atoms. The Kier molecular flexibility index (Phi) is 5.83. The highest BCUT2D eigenvalue weighted by molar-refractivity contribution is 7.09. The van der Waals surface area contributed by atoms with Gasteiger partial charge in [-0.3, -0.25) is 4.90 Å². The molecule has 1 saturated heterocycles. The molecule has 1 aliphatic heterocycles. The van der Waals surface area contributed by atoms with Gasteiger partial charge < -0.3 is 5.32 Å². The molecule has 0 aliphatic carbocycles. The van der Waals surface area contributed by atoms with Crippen LogP contribution in [0.1, 0.15) is 24.0 Å². The molecule has 2 heterocycles. The Balaban J connectivity index is 0.00000200. The summed E-state index contributed by atoms with van der Waals surface area (Å²) in [5.74, 6) is 0. The van der Waals surface area contributed by atoms with E-state index >= 15 is 0 Å². The summed E-state index contributed by atoms with van der Waals surface area (Å²) >= 11 is 1.07. The Morgan fingerprint density at radius 1 is 1.50 bits per heavy atom. The van der Waals surface area contributed by atoms with Gasteiger partial charge >= 0.3 is 6.18 Å². The molecule has 0 amide bonds. The summed E-state index contributed by atoms with van der Waals surface area (Å²) < 4.78 is 37.3. The summed E-state index contributed by atoms with van der Waals surface area (Å²) in [4.78, 5) is 5.70. The Hall–Kier alpha value is -0.370. The summed E-state index contributed by atoms with van der Waals surface area (Å²) in [6.45, 7) is 5.51. The number of nitrogens with one attached hydrogen (secondary N) is 1. The Bertz CT molecular complexity index is 430. The van der Waals surface area contributed by atoms with Crippen molar-refractivity contribution < 1.29 is 13.2 Å². The van der Waals surface area contributed by atoms with Crippen molar-refractivity contribution in [1.82, 2.24) is 15.2 Å². The van der Waals surface area contributed by atoms with Crippen molar-refractivity contribution >= 4 is 23.7 Å². The minimum Gasteiger partial charge on any atom is -0.316 e. The van der Waals surface area contributed by atoms with Crippen LogP contribution in [-0.2, 0) is 12.7 Å². The van der Waals surface area contributed by atoms with Crippen molar-refractivity contribution in [2.45, 2.75) is 26.1 Å². The van der Waals surface area contributed by atoms with E-state index in [9.17, 15) is 13.2 Å². The van der Waals surface area contributed by atoms with Crippen LogP contribution in [0.4, 0.5) is 13.2 Å². The van der Waals surface area contributed by atoms with Crippen LogP contribution in [0.3, 0.4) is 0 Å². The molecule has 3 nitrogen and oxygen atoms in total. The number of thiazole rings is 1. The zero-order valence-corrected chi connectivity index (χ0v) is 13.1. The van der Waals surface area contributed by atoms with E-state index in [1.807, 2.05) is 11.9 Å². The van der Waals surface area contributed by atoms with Crippen molar-refractivity contribution in [2.75, 3.05) is 26.7 Å². The normalized spacial score (nSPS) is 23.1. The van der Waals surface area contributed by atoms with E-state index in [2.05, 4.69) is 17.2 Å². The Morgan fingerprint density at radius 3 is 2.70 bits per heavy atom. The molecule has 2 rings (SSSR count). The molecule has 1 aromatic rings. The Labute approximate surface area is 127 Å². The van der Waals surface area contributed by atoms with Crippen LogP contribution in [0, 0.1) is 5.41 Å². The summed E-state index contributed by atoms with van der Waals surface area (Å²) in [5, 5.41) is 4.92. The molecule has 0 bridgehead atoms. The minimum atomic E-state index is -4.34. The van der Waals surface area contributed by atoms with Crippen molar-refractivity contribution in [2.24, 2.45) is 5.41 Å². The molecule has 0 spiro atoms. The molecular formula is C12H19ClF3N3S. The highest BCUT2D eigenvalue weighted by Crippen LogP contribution is 2.31. The van der Waals surface area contributed by atoms with Crippen LogP contribution in [0.15, 0.2) is 5.38 Å². The van der Waals surface area contributed by atoms with Gasteiger partial charge in [0, 0.05) is 18.5 Å². The maximum Gasteiger partial charge on any atom is 0.434 e. The van der Waals surface area contributed by atoms with Crippen LogP contribution in [-0.4, -0.2) is 36.6 Å². The van der Waals surface area contributed by atoms with Gasteiger partial charge in [-0.15, -0.1) is 23.7 Å². The lowest BCUT2D eigenvalue weighted by atomic mass is 9.89. The fourth-order valence-corrected chi connectivity index (χ4v) is 3.34. The zero-order valence-electron chi connectivity index (χ0n) is 11.5. The topological polar surface area (TPSA) is 28.2 Å². The minimum absolute atomic E-state index is 0. The number of hydrogen-bond acceptors (Lipinski definition) is 4. The van der Waals surface area contributed by atoms with Crippen LogP contribution in [0.2, 0.25) is 0 Å². The first-order chi connectivity index (χ1) is 8.78. The molecule has 1 aliphatic rings. The average Bonchev–Trinajstić information content (AvgIpc) is 2.86. The maximum absolute atomic E-state index is 12.4. The van der Waals surface area contributed by atoms with E-state index in [1.54, 1.807) is 0 Å². The molecular weight excluding hydrogens is 311 g/mol. The van der Waals surface area contributed by atoms with Gasteiger partial charge in [-0.1, -0.05) is 6.92 Å². The fraction of sp³-hybridized carbons (Fsp3) is 0.750. The van der Waals surface area contributed by atoms with Crippen LogP contribution in [0.5, 0.6) is 0 Å². The second kappa shape index (κ2) is 6.60. The second-order valence-electron chi connectivity index (χ2n) is 5.53. The molecule has 1 atom stereocenters. The first-order valence-corrected chi connectivity index (χ1v) is 7.07. The molecule has 1 fully saturated rings. The number of halogens is 4. The zero-order chi connectivity index (χ0) is 14.1. The number of nitrogens with zero attached hydrogens (tertiary/aromatic N) is 2. The van der Waals surface area contributed by atoms with Crippen molar-refractivity contribution in [3.63, 3.8) is 0 Å². The molecule has 1 unspecified atom stereocenters. The molecule has 0 radical (unpaired) electrons. The van der Waals surface area contributed by atoms with E-state index in [0.29, 0.717) is 11.6 Å². The largest absolute Gasteiger partial charge is 0.434 e. The smallest absolute Gasteiger partial charge is 0.316 e. The number of aromatic nitrogens is 1. The summed E-state index contributed by atoms with van der Waals surface area (Å²) in [6.07, 6.45) is -3.24. The van der Waals surface area contributed by atoms with Gasteiger partial charge in [0.15, 0.2) is 5.69 Å². The van der Waals surface area contributed by atoms with E-state index in [0.717, 1.165) is 42.8 Å². The lowest BCUT2D eigenvalue weighted by molar-refractivity contribution is -0.140. The third-order valence-electron chi connectivity index (χ3n) is 3.36. The molecule has 0 saturated carbocycles. The first kappa shape index (κ1) is 17.7. The van der Waals surface area contributed by atoms with Crippen molar-refractivity contribution in [3.05, 3.63) is 16.1 Å². The number of hydrogen-bond donors (Lipinski definition) is 1. The van der Waals surface area contributed by atoms with Crippen LogP contribution < -0.4 is 5.32 Å². The molecule has 116 valence electrons. The molecule has 8 heteroatoms. The van der Waals surface area contributed by atoms with Crippen molar-refractivity contribution in [3.8, 4) is 0 Å². The third kappa shape index (κ3) is 4.58. The third-order valence-corrected chi connectivity index (χ3v) is 4.19. The van der Waals surface area contributed by atoms with Crippen molar-refractivity contribution in [1.29, 1.82) is 0 Å². The highest BCUT2D eigenvalue weighted by Gasteiger charge is 2.34. The average molecular weight is 330 g/mol.